The molecule has 2 atom stereocenters. The van der Waals surface area contributed by atoms with E-state index in [2.05, 4.69) is 18.7 Å². The molecule has 0 aromatic rings. The van der Waals surface area contributed by atoms with Gasteiger partial charge in [0.15, 0.2) is 0 Å². The van der Waals surface area contributed by atoms with Crippen molar-refractivity contribution in [1.82, 2.24) is 4.90 Å². The Morgan fingerprint density at radius 3 is 2.75 bits per heavy atom. The average molecular weight is 190 g/mol. The van der Waals surface area contributed by atoms with Crippen LogP contribution in [0.25, 0.3) is 0 Å². The number of nitrogens with zero attached hydrogens (tertiary/aromatic N) is 1. The number of halogens is 1. The van der Waals surface area contributed by atoms with Crippen LogP contribution in [-0.2, 0) is 0 Å². The molecule has 1 aliphatic heterocycles. The van der Waals surface area contributed by atoms with E-state index in [-0.39, 0.29) is 0 Å². The Morgan fingerprint density at radius 2 is 2.17 bits per heavy atom. The molecule has 0 N–H and O–H groups in total. The predicted molar refractivity (Wildman–Crippen MR) is 54.7 cm³/mol. The van der Waals surface area contributed by atoms with Gasteiger partial charge in [-0.25, -0.2) is 0 Å². The SMILES string of the molecule is CCCN1CC(C)CC(CCl)C1. The summed E-state index contributed by atoms with van der Waals surface area (Å²) in [4.78, 5) is 2.56. The van der Waals surface area contributed by atoms with Gasteiger partial charge in [0.25, 0.3) is 0 Å². The fourth-order valence-corrected chi connectivity index (χ4v) is 2.43. The molecule has 0 bridgehead atoms. The molecule has 0 aliphatic carbocycles. The second kappa shape index (κ2) is 5.08. The Kier molecular flexibility index (Phi) is 4.38. The molecule has 0 aromatic carbocycles. The van der Waals surface area contributed by atoms with E-state index in [1.165, 1.54) is 32.5 Å². The maximum absolute atomic E-state index is 5.88. The monoisotopic (exact) mass is 189 g/mol. The summed E-state index contributed by atoms with van der Waals surface area (Å²) in [5.74, 6) is 2.42. The zero-order valence-corrected chi connectivity index (χ0v) is 8.98. The number of rotatable bonds is 3. The van der Waals surface area contributed by atoms with Gasteiger partial charge in [0.1, 0.15) is 0 Å². The third-order valence-corrected chi connectivity index (χ3v) is 3.02. The van der Waals surface area contributed by atoms with E-state index in [1.54, 1.807) is 0 Å². The first-order valence-electron chi connectivity index (χ1n) is 5.04. The molecule has 0 aromatic heterocycles. The van der Waals surface area contributed by atoms with Crippen LogP contribution in [0, 0.1) is 11.8 Å². The van der Waals surface area contributed by atoms with Crippen molar-refractivity contribution in [3.8, 4) is 0 Å². The van der Waals surface area contributed by atoms with Crippen molar-refractivity contribution < 1.29 is 0 Å². The second-order valence-electron chi connectivity index (χ2n) is 4.12. The minimum Gasteiger partial charge on any atom is -0.303 e. The predicted octanol–water partition coefficient (Wildman–Crippen LogP) is 2.59. The van der Waals surface area contributed by atoms with E-state index in [0.717, 1.165) is 17.7 Å². The summed E-state index contributed by atoms with van der Waals surface area (Å²) in [5.41, 5.74) is 0. The Balaban J connectivity index is 2.34. The summed E-state index contributed by atoms with van der Waals surface area (Å²) >= 11 is 5.88. The fourth-order valence-electron chi connectivity index (χ4n) is 2.21. The van der Waals surface area contributed by atoms with Gasteiger partial charge in [-0.15, -0.1) is 11.6 Å². The number of hydrogen-bond donors (Lipinski definition) is 0. The van der Waals surface area contributed by atoms with Crippen LogP contribution in [0.3, 0.4) is 0 Å². The average Bonchev–Trinajstić information content (AvgIpc) is 2.04. The van der Waals surface area contributed by atoms with Crippen molar-refractivity contribution in [1.29, 1.82) is 0 Å². The molecule has 2 unspecified atom stereocenters. The van der Waals surface area contributed by atoms with Crippen molar-refractivity contribution >= 4 is 11.6 Å². The van der Waals surface area contributed by atoms with E-state index in [9.17, 15) is 0 Å². The van der Waals surface area contributed by atoms with Gasteiger partial charge in [-0.05, 0) is 31.2 Å². The van der Waals surface area contributed by atoms with Gasteiger partial charge in [-0.3, -0.25) is 0 Å². The van der Waals surface area contributed by atoms with E-state index >= 15 is 0 Å². The fraction of sp³-hybridized carbons (Fsp3) is 1.00. The van der Waals surface area contributed by atoms with Crippen LogP contribution in [0.5, 0.6) is 0 Å². The number of piperidine rings is 1. The summed E-state index contributed by atoms with van der Waals surface area (Å²) < 4.78 is 0. The van der Waals surface area contributed by atoms with Gasteiger partial charge in [0.2, 0.25) is 0 Å². The molecule has 1 aliphatic rings. The van der Waals surface area contributed by atoms with Crippen molar-refractivity contribution in [2.45, 2.75) is 26.7 Å². The van der Waals surface area contributed by atoms with Crippen molar-refractivity contribution in [3.63, 3.8) is 0 Å². The number of likely N-dealkylation sites (tertiary alicyclic amines) is 1. The summed E-state index contributed by atoms with van der Waals surface area (Å²) in [6.07, 6.45) is 2.59. The van der Waals surface area contributed by atoms with Crippen LogP contribution in [0.1, 0.15) is 26.7 Å². The highest BCUT2D eigenvalue weighted by Crippen LogP contribution is 2.22. The van der Waals surface area contributed by atoms with Gasteiger partial charge in [0.05, 0.1) is 0 Å². The van der Waals surface area contributed by atoms with Crippen LogP contribution in [0.4, 0.5) is 0 Å². The molecule has 72 valence electrons. The standard InChI is InChI=1S/C10H20ClN/c1-3-4-12-7-9(2)5-10(6-11)8-12/h9-10H,3-8H2,1-2H3. The van der Waals surface area contributed by atoms with Gasteiger partial charge in [-0.2, -0.15) is 0 Å². The van der Waals surface area contributed by atoms with E-state index < -0.39 is 0 Å². The van der Waals surface area contributed by atoms with E-state index in [1.807, 2.05) is 0 Å². The molecule has 0 amide bonds. The molecular formula is C10H20ClN. The summed E-state index contributed by atoms with van der Waals surface area (Å²) in [6, 6.07) is 0. The van der Waals surface area contributed by atoms with Gasteiger partial charge < -0.3 is 4.90 Å². The minimum absolute atomic E-state index is 0.738. The molecule has 0 spiro atoms. The highest BCUT2D eigenvalue weighted by Gasteiger charge is 2.22. The second-order valence-corrected chi connectivity index (χ2v) is 4.43. The Labute approximate surface area is 81.1 Å². The minimum atomic E-state index is 0.738. The van der Waals surface area contributed by atoms with Crippen molar-refractivity contribution in [3.05, 3.63) is 0 Å². The largest absolute Gasteiger partial charge is 0.303 e. The summed E-state index contributed by atoms with van der Waals surface area (Å²) in [7, 11) is 0. The Hall–Kier alpha value is 0.250. The van der Waals surface area contributed by atoms with Crippen LogP contribution in [0.15, 0.2) is 0 Å². The zero-order chi connectivity index (χ0) is 8.97. The lowest BCUT2D eigenvalue weighted by atomic mass is 9.92. The Bertz CT molecular complexity index is 127. The van der Waals surface area contributed by atoms with Gasteiger partial charge in [-0.1, -0.05) is 13.8 Å². The Morgan fingerprint density at radius 1 is 1.42 bits per heavy atom. The van der Waals surface area contributed by atoms with Crippen molar-refractivity contribution in [2.75, 3.05) is 25.5 Å². The zero-order valence-electron chi connectivity index (χ0n) is 8.22. The molecule has 1 nitrogen and oxygen atoms in total. The third-order valence-electron chi connectivity index (χ3n) is 2.58. The maximum Gasteiger partial charge on any atom is 0.0264 e. The van der Waals surface area contributed by atoms with Crippen LogP contribution in [-0.4, -0.2) is 30.4 Å². The number of alkyl halides is 1. The van der Waals surface area contributed by atoms with E-state index in [0.29, 0.717) is 0 Å². The normalized spacial score (nSPS) is 32.2. The molecule has 1 heterocycles. The van der Waals surface area contributed by atoms with Crippen LogP contribution < -0.4 is 0 Å². The number of hydrogen-bond acceptors (Lipinski definition) is 1. The first-order chi connectivity index (χ1) is 5.76. The molecule has 0 radical (unpaired) electrons. The highest BCUT2D eigenvalue weighted by molar-refractivity contribution is 6.18. The molecular weight excluding hydrogens is 170 g/mol. The molecule has 1 rings (SSSR count). The quantitative estimate of drug-likeness (QED) is 0.617. The summed E-state index contributed by atoms with van der Waals surface area (Å²) in [6.45, 7) is 8.33. The third kappa shape index (κ3) is 2.95. The first kappa shape index (κ1) is 10.3. The van der Waals surface area contributed by atoms with Gasteiger partial charge in [0, 0.05) is 19.0 Å². The first-order valence-corrected chi connectivity index (χ1v) is 5.58. The maximum atomic E-state index is 5.88. The molecule has 1 fully saturated rings. The lowest BCUT2D eigenvalue weighted by Gasteiger charge is -2.35. The molecule has 0 saturated carbocycles. The highest BCUT2D eigenvalue weighted by atomic mass is 35.5. The molecule has 12 heavy (non-hydrogen) atoms. The lowest BCUT2D eigenvalue weighted by Crippen LogP contribution is -2.40. The topological polar surface area (TPSA) is 3.24 Å². The van der Waals surface area contributed by atoms with Gasteiger partial charge >= 0.3 is 0 Å². The smallest absolute Gasteiger partial charge is 0.0264 e. The molecule has 1 saturated heterocycles. The lowest BCUT2D eigenvalue weighted by molar-refractivity contribution is 0.143. The van der Waals surface area contributed by atoms with Crippen LogP contribution in [0.2, 0.25) is 0 Å². The van der Waals surface area contributed by atoms with E-state index in [4.69, 9.17) is 11.6 Å². The van der Waals surface area contributed by atoms with Crippen LogP contribution >= 0.6 is 11.6 Å². The van der Waals surface area contributed by atoms with Crippen molar-refractivity contribution in [2.24, 2.45) is 11.8 Å². The summed E-state index contributed by atoms with van der Waals surface area (Å²) in [5, 5.41) is 0. The molecule has 2 heteroatoms.